The van der Waals surface area contributed by atoms with Gasteiger partial charge in [0.25, 0.3) is 5.91 Å². The number of nitrogens with zero attached hydrogens (tertiary/aromatic N) is 5. The first-order valence-electron chi connectivity index (χ1n) is 15.1. The van der Waals surface area contributed by atoms with E-state index >= 15 is 0 Å². The maximum Gasteiger partial charge on any atom is 0.410 e. The van der Waals surface area contributed by atoms with Crippen LogP contribution in [0.3, 0.4) is 0 Å². The number of hydrogen-bond donors (Lipinski definition) is 1. The predicted molar refractivity (Wildman–Crippen MR) is 174 cm³/mol. The Morgan fingerprint density at radius 2 is 1.70 bits per heavy atom. The summed E-state index contributed by atoms with van der Waals surface area (Å²) < 4.78 is 26.1. The van der Waals surface area contributed by atoms with Gasteiger partial charge in [-0.25, -0.2) is 14.2 Å². The first-order chi connectivity index (χ1) is 22.3. The molecular weight excluding hydrogens is 607 g/mol. The van der Waals surface area contributed by atoms with Crippen molar-refractivity contribution in [2.75, 3.05) is 43.5 Å². The van der Waals surface area contributed by atoms with Gasteiger partial charge in [0.15, 0.2) is 11.3 Å². The summed E-state index contributed by atoms with van der Waals surface area (Å²) in [5.41, 5.74) is 0.672. The first kappa shape index (κ1) is 32.9. The normalized spacial score (nSPS) is 13.4. The third-order valence-corrected chi connectivity index (χ3v) is 7.34. The number of ether oxygens (including phenoxy) is 2. The van der Waals surface area contributed by atoms with Gasteiger partial charge in [0.05, 0.1) is 11.4 Å². The highest BCUT2D eigenvalue weighted by Gasteiger charge is 2.33. The van der Waals surface area contributed by atoms with Crippen molar-refractivity contribution in [3.05, 3.63) is 99.9 Å². The van der Waals surface area contributed by atoms with Gasteiger partial charge in [0.1, 0.15) is 24.6 Å². The molecule has 3 amide bonds. The fourth-order valence-electron chi connectivity index (χ4n) is 4.93. The Hall–Kier alpha value is -5.46. The van der Waals surface area contributed by atoms with Crippen LogP contribution >= 0.6 is 0 Å². The summed E-state index contributed by atoms with van der Waals surface area (Å²) in [4.78, 5) is 63.2. The molecule has 3 heterocycles. The van der Waals surface area contributed by atoms with E-state index in [2.05, 4.69) is 10.3 Å². The summed E-state index contributed by atoms with van der Waals surface area (Å²) in [6, 6.07) is 16.5. The lowest BCUT2D eigenvalue weighted by atomic mass is 10.2. The maximum atomic E-state index is 14.1. The van der Waals surface area contributed by atoms with E-state index in [9.17, 15) is 23.6 Å². The largest absolute Gasteiger partial charge is 0.481 e. The average molecular weight is 645 g/mol. The number of carbonyl (C=O) groups is 3. The zero-order valence-electron chi connectivity index (χ0n) is 26.9. The molecule has 2 aromatic carbocycles. The SMILES string of the molecule is CN(C)c1cc(N2CCN(C(=O)OC(C)(C)C)CC2=O)c2nc(C(=O)NCc3ccc(F)cc3)c(OCc3ccccc3)c(=O)n2c1. The third-order valence-electron chi connectivity index (χ3n) is 7.34. The number of aromatic nitrogens is 2. The van der Waals surface area contributed by atoms with Crippen molar-refractivity contribution in [3.8, 4) is 5.75 Å². The number of rotatable bonds is 8. The molecule has 0 saturated carbocycles. The van der Waals surface area contributed by atoms with E-state index in [-0.39, 0.29) is 55.6 Å². The number of piperazine rings is 1. The van der Waals surface area contributed by atoms with E-state index < -0.39 is 34.9 Å². The van der Waals surface area contributed by atoms with Gasteiger partial charge in [0, 0.05) is 39.9 Å². The number of amides is 3. The Morgan fingerprint density at radius 1 is 1.00 bits per heavy atom. The lowest BCUT2D eigenvalue weighted by Crippen LogP contribution is -2.53. The highest BCUT2D eigenvalue weighted by atomic mass is 19.1. The summed E-state index contributed by atoms with van der Waals surface area (Å²) in [7, 11) is 3.57. The molecule has 13 heteroatoms. The Morgan fingerprint density at radius 3 is 2.34 bits per heavy atom. The number of carbonyl (C=O) groups excluding carboxylic acids is 3. The number of anilines is 2. The molecule has 1 saturated heterocycles. The van der Waals surface area contributed by atoms with E-state index in [1.54, 1.807) is 52.0 Å². The maximum absolute atomic E-state index is 14.1. The van der Waals surface area contributed by atoms with Crippen molar-refractivity contribution in [2.24, 2.45) is 0 Å². The molecule has 2 aromatic heterocycles. The van der Waals surface area contributed by atoms with Crippen LogP contribution in [0.4, 0.5) is 20.6 Å². The number of halogens is 1. The summed E-state index contributed by atoms with van der Waals surface area (Å²) in [6.07, 6.45) is 0.956. The van der Waals surface area contributed by atoms with Crippen LogP contribution in [0.1, 0.15) is 42.4 Å². The summed E-state index contributed by atoms with van der Waals surface area (Å²) in [6.45, 7) is 5.29. The highest BCUT2D eigenvalue weighted by molar-refractivity contribution is 6.01. The molecule has 1 fully saturated rings. The molecule has 0 spiro atoms. The standard InChI is InChI=1S/C34H37FN6O6/c1-34(2,3)47-33(45)39-15-16-40(27(42)20-39)26-17-25(38(4)5)19-41-30(26)37-28(31(43)36-18-22-11-13-24(35)14-12-22)29(32(41)44)46-21-23-9-7-6-8-10-23/h6-14,17,19H,15-16,18,20-21H2,1-5H3,(H,36,43). The van der Waals surface area contributed by atoms with Crippen LogP contribution in [-0.2, 0) is 22.7 Å². The van der Waals surface area contributed by atoms with Gasteiger partial charge in [-0.2, -0.15) is 0 Å². The lowest BCUT2D eigenvalue weighted by Gasteiger charge is -2.35. The molecule has 5 rings (SSSR count). The summed E-state index contributed by atoms with van der Waals surface area (Å²) in [5.74, 6) is -1.79. The zero-order chi connectivity index (χ0) is 33.9. The second kappa shape index (κ2) is 13.5. The van der Waals surface area contributed by atoms with E-state index in [0.717, 1.165) is 5.56 Å². The molecule has 0 radical (unpaired) electrons. The molecule has 246 valence electrons. The van der Waals surface area contributed by atoms with E-state index in [1.807, 2.05) is 30.3 Å². The van der Waals surface area contributed by atoms with Crippen molar-refractivity contribution in [1.29, 1.82) is 0 Å². The highest BCUT2D eigenvalue weighted by Crippen LogP contribution is 2.29. The minimum Gasteiger partial charge on any atom is -0.481 e. The molecule has 12 nitrogen and oxygen atoms in total. The van der Waals surface area contributed by atoms with Crippen LogP contribution in [0.15, 0.2) is 71.7 Å². The minimum atomic E-state index is -0.730. The molecule has 4 aromatic rings. The number of pyridine rings is 1. The fraction of sp³-hybridized carbons (Fsp3) is 0.324. The van der Waals surface area contributed by atoms with Crippen LogP contribution in [0.5, 0.6) is 5.75 Å². The van der Waals surface area contributed by atoms with Crippen molar-refractivity contribution in [2.45, 2.75) is 39.5 Å². The van der Waals surface area contributed by atoms with E-state index in [4.69, 9.17) is 9.47 Å². The second-order valence-corrected chi connectivity index (χ2v) is 12.3. The average Bonchev–Trinajstić information content (AvgIpc) is 3.03. The fourth-order valence-corrected chi connectivity index (χ4v) is 4.93. The van der Waals surface area contributed by atoms with Crippen molar-refractivity contribution in [1.82, 2.24) is 19.6 Å². The molecule has 47 heavy (non-hydrogen) atoms. The van der Waals surface area contributed by atoms with Gasteiger partial charge in [-0.1, -0.05) is 42.5 Å². The first-order valence-corrected chi connectivity index (χ1v) is 15.1. The van der Waals surface area contributed by atoms with E-state index in [1.165, 1.54) is 38.5 Å². The van der Waals surface area contributed by atoms with Crippen molar-refractivity contribution in [3.63, 3.8) is 0 Å². The third kappa shape index (κ3) is 7.68. The smallest absolute Gasteiger partial charge is 0.410 e. The van der Waals surface area contributed by atoms with Gasteiger partial charge in [-0.3, -0.25) is 23.7 Å². The molecule has 1 aliphatic heterocycles. The van der Waals surface area contributed by atoms with Crippen molar-refractivity contribution >= 4 is 34.9 Å². The number of nitrogens with one attached hydrogen (secondary N) is 1. The Labute approximate surface area is 271 Å². The molecule has 1 aliphatic rings. The Balaban J connectivity index is 1.57. The van der Waals surface area contributed by atoms with Crippen LogP contribution in [0.25, 0.3) is 5.65 Å². The van der Waals surface area contributed by atoms with Crippen LogP contribution in [0, 0.1) is 5.82 Å². The van der Waals surface area contributed by atoms with Gasteiger partial charge in [-0.05, 0) is 50.1 Å². The molecule has 0 atom stereocenters. The molecular formula is C34H37FN6O6. The monoisotopic (exact) mass is 644 g/mol. The van der Waals surface area contributed by atoms with Crippen LogP contribution in [-0.4, -0.2) is 71.5 Å². The van der Waals surface area contributed by atoms with Gasteiger partial charge in [-0.15, -0.1) is 0 Å². The molecule has 1 N–H and O–H groups in total. The van der Waals surface area contributed by atoms with Gasteiger partial charge in [0.2, 0.25) is 11.7 Å². The number of benzene rings is 2. The lowest BCUT2D eigenvalue weighted by molar-refractivity contribution is -0.121. The van der Waals surface area contributed by atoms with E-state index in [0.29, 0.717) is 11.3 Å². The second-order valence-electron chi connectivity index (χ2n) is 12.3. The summed E-state index contributed by atoms with van der Waals surface area (Å²) >= 11 is 0. The minimum absolute atomic E-state index is 0.00654. The number of fused-ring (bicyclic) bond motifs is 1. The predicted octanol–water partition coefficient (Wildman–Crippen LogP) is 3.99. The quantitative estimate of drug-likeness (QED) is 0.305. The summed E-state index contributed by atoms with van der Waals surface area (Å²) in [5, 5.41) is 2.74. The number of hydrogen-bond acceptors (Lipinski definition) is 8. The Kier molecular flexibility index (Phi) is 9.45. The van der Waals surface area contributed by atoms with Gasteiger partial charge >= 0.3 is 11.7 Å². The molecule has 0 bridgehead atoms. The van der Waals surface area contributed by atoms with Crippen LogP contribution in [0.2, 0.25) is 0 Å². The van der Waals surface area contributed by atoms with Crippen molar-refractivity contribution < 1.29 is 28.2 Å². The van der Waals surface area contributed by atoms with Gasteiger partial charge < -0.3 is 24.6 Å². The topological polar surface area (TPSA) is 126 Å². The molecule has 0 unspecified atom stereocenters. The zero-order valence-corrected chi connectivity index (χ0v) is 26.9. The molecule has 0 aliphatic carbocycles. The Bertz CT molecular complexity index is 1850. The van der Waals surface area contributed by atoms with Crippen LogP contribution < -0.4 is 25.4 Å².